The van der Waals surface area contributed by atoms with E-state index < -0.39 is 35.7 Å². The van der Waals surface area contributed by atoms with Crippen LogP contribution in [0, 0.1) is 11.8 Å². The molecule has 0 aromatic heterocycles. The van der Waals surface area contributed by atoms with E-state index in [1.165, 1.54) is 25.9 Å². The molecule has 0 radical (unpaired) electrons. The van der Waals surface area contributed by atoms with Crippen molar-refractivity contribution in [1.82, 2.24) is 5.32 Å². The number of nitrogens with one attached hydrogen (secondary N) is 2. The third-order valence-electron chi connectivity index (χ3n) is 9.88. The average Bonchev–Trinajstić information content (AvgIpc) is 3.33. The van der Waals surface area contributed by atoms with E-state index in [2.05, 4.69) is 20.1 Å². The second-order valence-corrected chi connectivity index (χ2v) is 16.9. The molecule has 0 spiro atoms. The Labute approximate surface area is 415 Å². The number of alkyl carbamates (subject to hydrolysis) is 1. The molecular weight excluding hydrogens is 913 g/mol. The van der Waals surface area contributed by atoms with Gasteiger partial charge in [0, 0.05) is 30.3 Å². The third-order valence-corrected chi connectivity index (χ3v) is 9.88. The van der Waals surface area contributed by atoms with Gasteiger partial charge in [0.05, 0.1) is 37.4 Å². The molecule has 0 fully saturated rings. The lowest BCUT2D eigenvalue weighted by molar-refractivity contribution is -0.131. The minimum atomic E-state index is -1.05. The predicted molar refractivity (Wildman–Crippen MR) is 271 cm³/mol. The number of carbonyl (C=O) groups excluding carboxylic acids is 6. The highest BCUT2D eigenvalue weighted by atomic mass is 16.6. The maximum absolute atomic E-state index is 12.5. The molecule has 4 rings (SSSR count). The summed E-state index contributed by atoms with van der Waals surface area (Å²) in [7, 11) is 2.66. The summed E-state index contributed by atoms with van der Waals surface area (Å²) in [6, 6.07) is 31.5. The fraction of sp³-hybridized carbons (Fsp3) is 0.333. The van der Waals surface area contributed by atoms with Gasteiger partial charge in [-0.3, -0.25) is 19.2 Å². The SMILES string of the molecule is COC(=O)c1ccc(N)cc1.COC(=O)c1ccc(NC(=O)/C=C/[C@H](CCc2ccccc2)CC(=O)[C@H](C)N)cc1.C[C@H](NC(=O)OC(C)(C)C)C(=O)C[C@H](/C=C/C(=O)O)CCc1ccccc1.O=CO. The highest BCUT2D eigenvalue weighted by Crippen LogP contribution is 2.19. The Morgan fingerprint density at radius 3 is 1.49 bits per heavy atom. The van der Waals surface area contributed by atoms with E-state index in [1.54, 1.807) is 95.3 Å². The first-order chi connectivity index (χ1) is 33.6. The van der Waals surface area contributed by atoms with Crippen LogP contribution in [0.4, 0.5) is 16.2 Å². The van der Waals surface area contributed by atoms with Crippen molar-refractivity contribution < 1.29 is 62.8 Å². The maximum atomic E-state index is 12.5. The molecule has 4 atom stereocenters. The maximum Gasteiger partial charge on any atom is 0.408 e. The van der Waals surface area contributed by atoms with Crippen LogP contribution in [0.1, 0.15) is 92.1 Å². The van der Waals surface area contributed by atoms with Gasteiger partial charge in [-0.05, 0) is 138 Å². The molecule has 382 valence electrons. The van der Waals surface area contributed by atoms with Gasteiger partial charge >= 0.3 is 24.0 Å². The molecule has 0 unspecified atom stereocenters. The number of amides is 2. The van der Waals surface area contributed by atoms with Gasteiger partial charge in [-0.2, -0.15) is 0 Å². The summed E-state index contributed by atoms with van der Waals surface area (Å²) in [5.41, 5.74) is 14.9. The van der Waals surface area contributed by atoms with Gasteiger partial charge in [-0.25, -0.2) is 19.2 Å². The van der Waals surface area contributed by atoms with Crippen molar-refractivity contribution in [2.24, 2.45) is 17.6 Å². The second-order valence-electron chi connectivity index (χ2n) is 16.9. The van der Waals surface area contributed by atoms with Gasteiger partial charge in [0.25, 0.3) is 6.47 Å². The topological polar surface area (TPSA) is 281 Å². The third kappa shape index (κ3) is 28.2. The van der Waals surface area contributed by atoms with Crippen molar-refractivity contribution in [2.45, 2.75) is 90.8 Å². The molecule has 17 nitrogen and oxygen atoms in total. The number of aryl methyl sites for hydroxylation is 2. The monoisotopic (exact) mass is 980 g/mol. The van der Waals surface area contributed by atoms with Gasteiger partial charge in [0.1, 0.15) is 11.4 Å². The zero-order chi connectivity index (χ0) is 53.4. The summed E-state index contributed by atoms with van der Waals surface area (Å²) in [5.74, 6) is -2.65. The standard InChI is InChI=1S/C24H28N2O4.C21H29NO5.C8H9NO2.CH2O2/c1-17(25)22(27)16-19(9-8-18-6-4-3-5-7-18)10-15-23(28)26-21-13-11-20(12-14-21)24(29)30-2;1-15(22-20(26)27-21(2,3)4)18(23)14-17(12-13-19(24)25)11-10-16-8-6-5-7-9-16;1-11-8(10)6-2-4-7(9)5-3-6;2-1-3/h3-7,10-15,17,19H,8-9,16,25H2,1-2H3,(H,26,28);5-9,12-13,15,17H,10-11,14H2,1-4H3,(H,22,26)(H,24,25);2-5H,9H2,1H3;1H,(H,2,3)/b15-10+;13-12+;;/t17-,19-;15-,17-;;/m00../s1. The van der Waals surface area contributed by atoms with Crippen LogP contribution in [0.5, 0.6) is 0 Å². The summed E-state index contributed by atoms with van der Waals surface area (Å²) >= 11 is 0. The van der Waals surface area contributed by atoms with Crippen molar-refractivity contribution in [3.8, 4) is 0 Å². The first-order valence-corrected chi connectivity index (χ1v) is 22.6. The lowest BCUT2D eigenvalue weighted by atomic mass is 9.92. The van der Waals surface area contributed by atoms with Crippen LogP contribution in [-0.4, -0.2) is 90.1 Å². The second kappa shape index (κ2) is 33.6. The van der Waals surface area contributed by atoms with E-state index in [-0.39, 0.29) is 48.2 Å². The molecule has 0 heterocycles. The molecule has 2 amide bonds. The molecule has 4 aromatic rings. The number of benzene rings is 4. The summed E-state index contributed by atoms with van der Waals surface area (Å²) < 4.78 is 14.3. The quantitative estimate of drug-likeness (QED) is 0.0161. The van der Waals surface area contributed by atoms with Crippen LogP contribution >= 0.6 is 0 Å². The molecule has 0 saturated carbocycles. The number of nitrogen functional groups attached to an aromatic ring is 1. The fourth-order valence-electron chi connectivity index (χ4n) is 6.14. The zero-order valence-corrected chi connectivity index (χ0v) is 41.4. The van der Waals surface area contributed by atoms with Gasteiger partial charge in [-0.15, -0.1) is 0 Å². The molecule has 0 saturated heterocycles. The normalized spacial score (nSPS) is 12.3. The van der Waals surface area contributed by atoms with E-state index in [1.807, 2.05) is 60.7 Å². The summed E-state index contributed by atoms with van der Waals surface area (Å²) in [6.45, 7) is 8.26. The summed E-state index contributed by atoms with van der Waals surface area (Å²) in [6.07, 6.45) is 8.52. The Hall–Kier alpha value is -7.92. The van der Waals surface area contributed by atoms with Crippen molar-refractivity contribution in [3.05, 3.63) is 156 Å². The smallest absolute Gasteiger partial charge is 0.408 e. The molecule has 8 N–H and O–H groups in total. The van der Waals surface area contributed by atoms with Crippen molar-refractivity contribution in [2.75, 3.05) is 25.3 Å². The molecule has 0 bridgehead atoms. The van der Waals surface area contributed by atoms with E-state index in [4.69, 9.17) is 31.2 Å². The number of hydrogen-bond donors (Lipinski definition) is 6. The van der Waals surface area contributed by atoms with Crippen molar-refractivity contribution in [1.29, 1.82) is 0 Å². The van der Waals surface area contributed by atoms with Crippen molar-refractivity contribution >= 4 is 59.3 Å². The number of carboxylic acid groups (broad SMARTS) is 2. The number of carbonyl (C=O) groups is 8. The number of rotatable bonds is 20. The number of allylic oxidation sites excluding steroid dienone is 2. The van der Waals surface area contributed by atoms with E-state index in [9.17, 15) is 33.6 Å². The Kier molecular flexibility index (Phi) is 28.9. The number of ether oxygens (including phenoxy) is 3. The van der Waals surface area contributed by atoms with E-state index in [0.29, 0.717) is 35.3 Å². The molecule has 0 aliphatic heterocycles. The molecule has 0 aliphatic carbocycles. The highest BCUT2D eigenvalue weighted by Gasteiger charge is 2.23. The van der Waals surface area contributed by atoms with E-state index >= 15 is 0 Å². The number of aliphatic carboxylic acids is 1. The number of anilines is 2. The first-order valence-electron chi connectivity index (χ1n) is 22.6. The molecule has 71 heavy (non-hydrogen) atoms. The summed E-state index contributed by atoms with van der Waals surface area (Å²) in [4.78, 5) is 90.2. The van der Waals surface area contributed by atoms with Gasteiger partial charge < -0.3 is 46.5 Å². The number of nitrogens with two attached hydrogens (primary N) is 2. The lowest BCUT2D eigenvalue weighted by Gasteiger charge is -2.22. The number of hydrogen-bond acceptors (Lipinski definition) is 13. The number of carboxylic acids is 1. The van der Waals surface area contributed by atoms with Gasteiger partial charge in [0.15, 0.2) is 5.78 Å². The largest absolute Gasteiger partial charge is 0.483 e. The number of ketones is 2. The van der Waals surface area contributed by atoms with Crippen LogP contribution in [0.25, 0.3) is 0 Å². The van der Waals surface area contributed by atoms with Crippen molar-refractivity contribution in [3.63, 3.8) is 0 Å². The highest BCUT2D eigenvalue weighted by molar-refractivity contribution is 6.00. The fourth-order valence-corrected chi connectivity index (χ4v) is 6.14. The number of Topliss-reactive ketones (excluding diaryl/α,β-unsaturated/α-hetero) is 2. The number of esters is 2. The Balaban J connectivity index is 0.000000562. The van der Waals surface area contributed by atoms with Crippen LogP contribution in [0.3, 0.4) is 0 Å². The molecule has 17 heteroatoms. The van der Waals surface area contributed by atoms with Gasteiger partial charge in [0.2, 0.25) is 5.91 Å². The molecular formula is C54H68N4O13. The predicted octanol–water partition coefficient (Wildman–Crippen LogP) is 8.03. The average molecular weight is 981 g/mol. The Morgan fingerprint density at radius 2 is 1.08 bits per heavy atom. The Morgan fingerprint density at radius 1 is 0.662 bits per heavy atom. The minimum Gasteiger partial charge on any atom is -0.483 e. The van der Waals surface area contributed by atoms with Gasteiger partial charge in [-0.1, -0.05) is 72.8 Å². The van der Waals surface area contributed by atoms with Crippen LogP contribution in [0.2, 0.25) is 0 Å². The zero-order valence-electron chi connectivity index (χ0n) is 41.4. The van der Waals surface area contributed by atoms with Crippen LogP contribution < -0.4 is 22.1 Å². The van der Waals surface area contributed by atoms with Crippen LogP contribution in [0.15, 0.2) is 133 Å². The molecule has 4 aromatic carbocycles. The number of methoxy groups -OCH3 is 2. The summed E-state index contributed by atoms with van der Waals surface area (Å²) in [5, 5.41) is 21.0. The van der Waals surface area contributed by atoms with E-state index in [0.717, 1.165) is 30.9 Å². The first kappa shape index (κ1) is 61.1. The van der Waals surface area contributed by atoms with Crippen LogP contribution in [-0.2, 0) is 51.0 Å². The lowest BCUT2D eigenvalue weighted by Crippen LogP contribution is -2.42. The molecule has 0 aliphatic rings. The minimum absolute atomic E-state index is 0.0310. The Bertz CT molecular complexity index is 2330.